The lowest BCUT2D eigenvalue weighted by molar-refractivity contribution is -0.385. The maximum Gasteiger partial charge on any atom is 0.270 e. The van der Waals surface area contributed by atoms with Gasteiger partial charge in [-0.15, -0.1) is 0 Å². The molecule has 1 saturated carbocycles. The Hall–Kier alpha value is -1.98. The molecule has 0 bridgehead atoms. The van der Waals surface area contributed by atoms with Crippen molar-refractivity contribution in [3.05, 3.63) is 39.2 Å². The molecule has 2 atom stereocenters. The van der Waals surface area contributed by atoms with E-state index in [1.165, 1.54) is 6.92 Å². The summed E-state index contributed by atoms with van der Waals surface area (Å²) in [5.74, 6) is -0.338. The fraction of sp³-hybridized carbons (Fsp3) is 0.533. The summed E-state index contributed by atoms with van der Waals surface area (Å²) in [6.07, 6.45) is 3.34. The third-order valence-electron chi connectivity index (χ3n) is 4.26. The lowest BCUT2D eigenvalue weighted by atomic mass is 9.98. The molecule has 21 heavy (non-hydrogen) atoms. The van der Waals surface area contributed by atoms with E-state index in [1.54, 1.807) is 0 Å². The lowest BCUT2D eigenvalue weighted by Gasteiger charge is -2.16. The predicted molar refractivity (Wildman–Crippen MR) is 76.6 cm³/mol. The molecule has 0 heterocycles. The van der Waals surface area contributed by atoms with Crippen LogP contribution in [-0.2, 0) is 0 Å². The number of nitro benzene ring substituents is 1. The highest BCUT2D eigenvalue weighted by Gasteiger charge is 2.25. The van der Waals surface area contributed by atoms with Gasteiger partial charge in [0.15, 0.2) is 0 Å². The van der Waals surface area contributed by atoms with Crippen LogP contribution in [0.2, 0.25) is 0 Å². The molecule has 2 rings (SSSR count). The topological polar surface area (TPSA) is 72.2 Å². The van der Waals surface area contributed by atoms with Crippen LogP contribution >= 0.6 is 0 Å². The number of amides is 1. The van der Waals surface area contributed by atoms with Crippen molar-refractivity contribution in [2.24, 2.45) is 11.8 Å². The molecule has 1 aromatic carbocycles. The second-order valence-corrected chi connectivity index (χ2v) is 5.76. The minimum absolute atomic E-state index is 0.101. The van der Waals surface area contributed by atoms with Gasteiger partial charge in [0.1, 0.15) is 5.82 Å². The number of benzene rings is 1. The normalized spacial score (nSPS) is 21.3. The minimum Gasteiger partial charge on any atom is -0.352 e. The number of carbonyl (C=O) groups excluding carboxylic acids is 1. The van der Waals surface area contributed by atoms with E-state index < -0.39 is 16.6 Å². The van der Waals surface area contributed by atoms with Crippen LogP contribution in [0.4, 0.5) is 10.1 Å². The van der Waals surface area contributed by atoms with E-state index in [2.05, 4.69) is 12.2 Å². The predicted octanol–water partition coefficient (Wildman–Crippen LogP) is 3.21. The van der Waals surface area contributed by atoms with Gasteiger partial charge in [0.05, 0.1) is 10.5 Å². The molecular weight excluding hydrogens is 275 g/mol. The Morgan fingerprint density at radius 3 is 2.76 bits per heavy atom. The van der Waals surface area contributed by atoms with E-state index in [1.807, 2.05) is 0 Å². The molecule has 0 saturated heterocycles. The maximum absolute atomic E-state index is 14.0. The van der Waals surface area contributed by atoms with E-state index in [0.29, 0.717) is 18.4 Å². The highest BCUT2D eigenvalue weighted by atomic mass is 19.1. The van der Waals surface area contributed by atoms with Crippen LogP contribution in [0.3, 0.4) is 0 Å². The van der Waals surface area contributed by atoms with Crippen molar-refractivity contribution < 1.29 is 14.1 Å². The van der Waals surface area contributed by atoms with Gasteiger partial charge >= 0.3 is 0 Å². The van der Waals surface area contributed by atoms with Gasteiger partial charge in [-0.3, -0.25) is 14.9 Å². The molecule has 5 nitrogen and oxygen atoms in total. The summed E-state index contributed by atoms with van der Waals surface area (Å²) in [5.41, 5.74) is -0.427. The lowest BCUT2D eigenvalue weighted by Crippen LogP contribution is -2.31. The maximum atomic E-state index is 14.0. The number of rotatable bonds is 4. The van der Waals surface area contributed by atoms with Crippen molar-refractivity contribution in [2.45, 2.75) is 33.1 Å². The summed E-state index contributed by atoms with van der Waals surface area (Å²) in [6, 6.07) is 2.13. The molecule has 0 spiro atoms. The summed E-state index contributed by atoms with van der Waals surface area (Å²) in [7, 11) is 0. The van der Waals surface area contributed by atoms with E-state index >= 15 is 0 Å². The van der Waals surface area contributed by atoms with Crippen LogP contribution in [0, 0.1) is 34.7 Å². The number of nitrogens with zero attached hydrogens (tertiary/aromatic N) is 1. The van der Waals surface area contributed by atoms with Crippen LogP contribution in [0.15, 0.2) is 12.1 Å². The summed E-state index contributed by atoms with van der Waals surface area (Å²) in [6.45, 7) is 4.04. The summed E-state index contributed by atoms with van der Waals surface area (Å²) < 4.78 is 14.0. The standard InChI is InChI=1S/C15H19FN2O3/c1-9-4-3-5-11(9)8-17-15(19)13-7-12(18(20)21)6-10(2)14(13)16/h6-7,9,11H,3-5,8H2,1-2H3,(H,17,19). The Kier molecular flexibility index (Phi) is 4.55. The summed E-state index contributed by atoms with van der Waals surface area (Å²) in [5, 5.41) is 13.5. The van der Waals surface area contributed by atoms with Crippen molar-refractivity contribution in [2.75, 3.05) is 6.54 Å². The van der Waals surface area contributed by atoms with Gasteiger partial charge < -0.3 is 5.32 Å². The van der Waals surface area contributed by atoms with E-state index in [0.717, 1.165) is 31.4 Å². The van der Waals surface area contributed by atoms with Crippen LogP contribution in [0.25, 0.3) is 0 Å². The van der Waals surface area contributed by atoms with E-state index in [9.17, 15) is 19.3 Å². The van der Waals surface area contributed by atoms with Crippen molar-refractivity contribution in [3.8, 4) is 0 Å². The van der Waals surface area contributed by atoms with Crippen LogP contribution in [0.5, 0.6) is 0 Å². The monoisotopic (exact) mass is 294 g/mol. The third kappa shape index (κ3) is 3.37. The Labute approximate surface area is 122 Å². The van der Waals surface area contributed by atoms with Crippen LogP contribution < -0.4 is 5.32 Å². The van der Waals surface area contributed by atoms with Gasteiger partial charge in [-0.25, -0.2) is 4.39 Å². The number of halogens is 1. The molecule has 1 fully saturated rings. The van der Waals surface area contributed by atoms with Crippen LogP contribution in [-0.4, -0.2) is 17.4 Å². The molecule has 1 N–H and O–H groups in total. The minimum atomic E-state index is -0.697. The van der Waals surface area contributed by atoms with Gasteiger partial charge in [0, 0.05) is 18.7 Å². The molecule has 1 aliphatic carbocycles. The second kappa shape index (κ2) is 6.20. The molecule has 114 valence electrons. The van der Waals surface area contributed by atoms with Crippen LogP contribution in [0.1, 0.15) is 42.1 Å². The fourth-order valence-electron chi connectivity index (χ4n) is 2.87. The van der Waals surface area contributed by atoms with Gasteiger partial charge in [-0.05, 0) is 30.7 Å². The van der Waals surface area contributed by atoms with Crippen molar-refractivity contribution in [1.82, 2.24) is 5.32 Å². The summed E-state index contributed by atoms with van der Waals surface area (Å²) in [4.78, 5) is 22.3. The Balaban J connectivity index is 2.13. The van der Waals surface area contributed by atoms with Gasteiger partial charge in [0.25, 0.3) is 11.6 Å². The van der Waals surface area contributed by atoms with Crippen molar-refractivity contribution in [1.29, 1.82) is 0 Å². The molecule has 1 aliphatic rings. The average molecular weight is 294 g/mol. The zero-order valence-corrected chi connectivity index (χ0v) is 12.2. The zero-order valence-electron chi connectivity index (χ0n) is 12.2. The zero-order chi connectivity index (χ0) is 15.6. The first-order valence-electron chi connectivity index (χ1n) is 7.13. The average Bonchev–Trinajstić information content (AvgIpc) is 2.84. The van der Waals surface area contributed by atoms with Gasteiger partial charge in [0.2, 0.25) is 0 Å². The Morgan fingerprint density at radius 1 is 1.48 bits per heavy atom. The number of hydrogen-bond donors (Lipinski definition) is 1. The first kappa shape index (κ1) is 15.4. The van der Waals surface area contributed by atoms with Gasteiger partial charge in [-0.2, -0.15) is 0 Å². The molecule has 1 amide bonds. The van der Waals surface area contributed by atoms with Gasteiger partial charge in [-0.1, -0.05) is 19.8 Å². The first-order valence-corrected chi connectivity index (χ1v) is 7.13. The van der Waals surface area contributed by atoms with Crippen molar-refractivity contribution >= 4 is 11.6 Å². The second-order valence-electron chi connectivity index (χ2n) is 5.76. The molecule has 1 aromatic rings. The number of nitro groups is 1. The number of hydrogen-bond acceptors (Lipinski definition) is 3. The Bertz CT molecular complexity index is 574. The molecule has 6 heteroatoms. The molecule has 2 unspecified atom stereocenters. The van der Waals surface area contributed by atoms with Crippen molar-refractivity contribution in [3.63, 3.8) is 0 Å². The molecular formula is C15H19FN2O3. The molecule has 0 aliphatic heterocycles. The quantitative estimate of drug-likeness (QED) is 0.684. The van der Waals surface area contributed by atoms with E-state index in [-0.39, 0.29) is 16.8 Å². The highest BCUT2D eigenvalue weighted by molar-refractivity contribution is 5.95. The highest BCUT2D eigenvalue weighted by Crippen LogP contribution is 2.30. The first-order chi connectivity index (χ1) is 9.90. The third-order valence-corrected chi connectivity index (χ3v) is 4.26. The molecule has 0 aromatic heterocycles. The molecule has 0 radical (unpaired) electrons. The number of carbonyl (C=O) groups is 1. The summed E-state index contributed by atoms with van der Waals surface area (Å²) >= 11 is 0. The number of non-ortho nitro benzene ring substituents is 1. The Morgan fingerprint density at radius 2 is 2.19 bits per heavy atom. The number of nitrogens with one attached hydrogen (secondary N) is 1. The smallest absolute Gasteiger partial charge is 0.270 e. The fourth-order valence-corrected chi connectivity index (χ4v) is 2.87. The van der Waals surface area contributed by atoms with E-state index in [4.69, 9.17) is 0 Å². The largest absolute Gasteiger partial charge is 0.352 e. The SMILES string of the molecule is Cc1cc([N+](=O)[O-])cc(C(=O)NCC2CCCC2C)c1F. The number of aryl methyl sites for hydroxylation is 1.